The van der Waals surface area contributed by atoms with Crippen LogP contribution in [0.25, 0.3) is 0 Å². The maximum absolute atomic E-state index is 10.9. The summed E-state index contributed by atoms with van der Waals surface area (Å²) in [6.07, 6.45) is 1.48. The van der Waals surface area contributed by atoms with E-state index in [0.717, 1.165) is 5.56 Å². The van der Waals surface area contributed by atoms with Gasteiger partial charge in [0.25, 0.3) is 0 Å². The quantitative estimate of drug-likeness (QED) is 0.597. The molecule has 0 bridgehead atoms. The Bertz CT molecular complexity index is 392. The highest BCUT2D eigenvalue weighted by molar-refractivity contribution is 5.80. The Morgan fingerprint density at radius 3 is 2.53 bits per heavy atom. The first-order chi connectivity index (χ1) is 7.08. The summed E-state index contributed by atoms with van der Waals surface area (Å²) in [6, 6.07) is 9.04. The SMILES string of the molecule is C[C@@](Cc1ccccc1)(N=C=O)C(=O)O. The van der Waals surface area contributed by atoms with Gasteiger partial charge in [0.15, 0.2) is 5.54 Å². The summed E-state index contributed by atoms with van der Waals surface area (Å²) < 4.78 is 0. The lowest BCUT2D eigenvalue weighted by atomic mass is 9.94. The van der Waals surface area contributed by atoms with Crippen molar-refractivity contribution in [2.24, 2.45) is 4.99 Å². The molecule has 0 saturated carbocycles. The molecule has 1 aromatic rings. The number of carboxylic acid groups (broad SMARTS) is 1. The Balaban J connectivity index is 2.95. The first-order valence-electron chi connectivity index (χ1n) is 4.45. The average molecular weight is 205 g/mol. The van der Waals surface area contributed by atoms with Crippen LogP contribution in [0.4, 0.5) is 0 Å². The molecular formula is C11H11NO3. The fourth-order valence-electron chi connectivity index (χ4n) is 1.26. The normalized spacial score (nSPS) is 13.7. The molecule has 1 aromatic carbocycles. The third-order valence-electron chi connectivity index (χ3n) is 2.14. The van der Waals surface area contributed by atoms with Crippen LogP contribution >= 0.6 is 0 Å². The van der Waals surface area contributed by atoms with Gasteiger partial charge in [-0.05, 0) is 12.5 Å². The van der Waals surface area contributed by atoms with E-state index in [1.807, 2.05) is 18.2 Å². The molecule has 15 heavy (non-hydrogen) atoms. The second-order valence-corrected chi connectivity index (χ2v) is 3.44. The van der Waals surface area contributed by atoms with Gasteiger partial charge in [-0.1, -0.05) is 30.3 Å². The second-order valence-electron chi connectivity index (χ2n) is 3.44. The third kappa shape index (κ3) is 2.76. The van der Waals surface area contributed by atoms with Gasteiger partial charge in [-0.3, -0.25) is 0 Å². The van der Waals surface area contributed by atoms with E-state index in [1.54, 1.807) is 12.1 Å². The highest BCUT2D eigenvalue weighted by Crippen LogP contribution is 2.17. The maximum atomic E-state index is 10.9. The van der Waals surface area contributed by atoms with E-state index >= 15 is 0 Å². The number of hydrogen-bond donors (Lipinski definition) is 1. The Morgan fingerprint density at radius 2 is 2.07 bits per heavy atom. The van der Waals surface area contributed by atoms with Crippen LogP contribution in [0.1, 0.15) is 12.5 Å². The monoisotopic (exact) mass is 205 g/mol. The fraction of sp³-hybridized carbons (Fsp3) is 0.273. The average Bonchev–Trinajstić information content (AvgIpc) is 2.19. The highest BCUT2D eigenvalue weighted by atomic mass is 16.4. The van der Waals surface area contributed by atoms with E-state index in [0.29, 0.717) is 0 Å². The maximum Gasteiger partial charge on any atom is 0.332 e. The molecule has 0 aliphatic carbocycles. The smallest absolute Gasteiger partial charge is 0.332 e. The van der Waals surface area contributed by atoms with Gasteiger partial charge in [0.1, 0.15) is 0 Å². The van der Waals surface area contributed by atoms with Gasteiger partial charge < -0.3 is 5.11 Å². The molecule has 1 atom stereocenters. The third-order valence-corrected chi connectivity index (χ3v) is 2.14. The summed E-state index contributed by atoms with van der Waals surface area (Å²) in [5.74, 6) is -1.13. The Kier molecular flexibility index (Phi) is 3.37. The zero-order valence-electron chi connectivity index (χ0n) is 8.30. The van der Waals surface area contributed by atoms with E-state index in [9.17, 15) is 9.59 Å². The van der Waals surface area contributed by atoms with Crippen LogP contribution in [-0.4, -0.2) is 22.7 Å². The Hall–Kier alpha value is -1.93. The van der Waals surface area contributed by atoms with Gasteiger partial charge in [0, 0.05) is 6.42 Å². The molecule has 0 fully saturated rings. The van der Waals surface area contributed by atoms with Crippen LogP contribution in [0.15, 0.2) is 35.3 Å². The molecule has 1 N–H and O–H groups in total. The lowest BCUT2D eigenvalue weighted by molar-refractivity contribution is -0.142. The minimum atomic E-state index is -1.43. The lowest BCUT2D eigenvalue weighted by Gasteiger charge is -2.17. The number of aliphatic carboxylic acids is 1. The molecular weight excluding hydrogens is 194 g/mol. The van der Waals surface area contributed by atoms with Crippen molar-refractivity contribution in [3.05, 3.63) is 35.9 Å². The topological polar surface area (TPSA) is 66.7 Å². The van der Waals surface area contributed by atoms with Gasteiger partial charge in [-0.15, -0.1) is 0 Å². The van der Waals surface area contributed by atoms with Crippen molar-refractivity contribution < 1.29 is 14.7 Å². The van der Waals surface area contributed by atoms with Crippen LogP contribution < -0.4 is 0 Å². The number of rotatable bonds is 4. The van der Waals surface area contributed by atoms with Gasteiger partial charge >= 0.3 is 5.97 Å². The summed E-state index contributed by atoms with van der Waals surface area (Å²) in [5.41, 5.74) is -0.607. The Morgan fingerprint density at radius 1 is 1.47 bits per heavy atom. The summed E-state index contributed by atoms with van der Waals surface area (Å²) in [6.45, 7) is 1.40. The first-order valence-corrected chi connectivity index (χ1v) is 4.45. The minimum absolute atomic E-state index is 0.179. The molecule has 0 heterocycles. The highest BCUT2D eigenvalue weighted by Gasteiger charge is 2.32. The van der Waals surface area contributed by atoms with E-state index in [2.05, 4.69) is 4.99 Å². The van der Waals surface area contributed by atoms with Crippen LogP contribution in [-0.2, 0) is 16.0 Å². The van der Waals surface area contributed by atoms with Crippen LogP contribution in [0.3, 0.4) is 0 Å². The molecule has 4 heteroatoms. The summed E-state index contributed by atoms with van der Waals surface area (Å²) in [5, 5.41) is 8.95. The summed E-state index contributed by atoms with van der Waals surface area (Å²) in [7, 11) is 0. The molecule has 0 amide bonds. The lowest BCUT2D eigenvalue weighted by Crippen LogP contribution is -2.35. The zero-order chi connectivity index (χ0) is 11.3. The van der Waals surface area contributed by atoms with Crippen LogP contribution in [0.2, 0.25) is 0 Å². The number of isocyanates is 1. The molecule has 0 radical (unpaired) electrons. The van der Waals surface area contributed by atoms with E-state index in [4.69, 9.17) is 5.11 Å². The predicted molar refractivity (Wildman–Crippen MR) is 54.3 cm³/mol. The number of carboxylic acids is 1. The van der Waals surface area contributed by atoms with Crippen molar-refractivity contribution in [3.8, 4) is 0 Å². The number of aliphatic imine (C=N–C) groups is 1. The van der Waals surface area contributed by atoms with E-state index < -0.39 is 11.5 Å². The van der Waals surface area contributed by atoms with Crippen molar-refractivity contribution in [1.82, 2.24) is 0 Å². The first kappa shape index (κ1) is 11.1. The molecule has 0 aliphatic rings. The standard InChI is InChI=1S/C11H11NO3/c1-11(10(14)15,12-8-13)7-9-5-3-2-4-6-9/h2-6H,7H2,1H3,(H,14,15)/t11-/m0/s1. The van der Waals surface area contributed by atoms with Crippen molar-refractivity contribution in [2.45, 2.75) is 18.9 Å². The van der Waals surface area contributed by atoms with E-state index in [-0.39, 0.29) is 6.42 Å². The van der Waals surface area contributed by atoms with Crippen LogP contribution in [0.5, 0.6) is 0 Å². The summed E-state index contributed by atoms with van der Waals surface area (Å²) in [4.78, 5) is 24.4. The summed E-state index contributed by atoms with van der Waals surface area (Å²) >= 11 is 0. The van der Waals surface area contributed by atoms with Gasteiger partial charge in [-0.2, -0.15) is 4.99 Å². The van der Waals surface area contributed by atoms with Crippen molar-refractivity contribution in [2.75, 3.05) is 0 Å². The van der Waals surface area contributed by atoms with Gasteiger partial charge in [0.2, 0.25) is 6.08 Å². The minimum Gasteiger partial charge on any atom is -0.479 e. The van der Waals surface area contributed by atoms with Crippen molar-refractivity contribution in [1.29, 1.82) is 0 Å². The molecule has 0 spiro atoms. The van der Waals surface area contributed by atoms with E-state index in [1.165, 1.54) is 13.0 Å². The fourth-order valence-corrected chi connectivity index (χ4v) is 1.26. The number of carbonyl (C=O) groups excluding carboxylic acids is 1. The van der Waals surface area contributed by atoms with Crippen molar-refractivity contribution in [3.63, 3.8) is 0 Å². The molecule has 0 saturated heterocycles. The molecule has 0 aromatic heterocycles. The van der Waals surface area contributed by atoms with Crippen LogP contribution in [0, 0.1) is 0 Å². The Labute approximate surface area is 87.3 Å². The number of benzene rings is 1. The predicted octanol–water partition coefficient (Wildman–Crippen LogP) is 1.41. The molecule has 78 valence electrons. The molecule has 1 rings (SSSR count). The number of carbonyl (C=O) groups is 1. The largest absolute Gasteiger partial charge is 0.479 e. The second kappa shape index (κ2) is 4.53. The molecule has 4 nitrogen and oxygen atoms in total. The van der Waals surface area contributed by atoms with Crippen molar-refractivity contribution >= 4 is 12.0 Å². The number of hydrogen-bond acceptors (Lipinski definition) is 3. The van der Waals surface area contributed by atoms with Gasteiger partial charge in [0.05, 0.1) is 0 Å². The molecule has 0 unspecified atom stereocenters. The molecule has 0 aliphatic heterocycles. The zero-order valence-corrected chi connectivity index (χ0v) is 8.30. The number of nitrogens with zero attached hydrogens (tertiary/aromatic N) is 1. The van der Waals surface area contributed by atoms with Gasteiger partial charge in [-0.25, -0.2) is 9.59 Å².